The Kier molecular flexibility index (Phi) is 35.8. The molecular weight excluding hydrogens is 510 g/mol. The molecular formula is C30H32Cl2PTi-5. The zero-order valence-electron chi connectivity index (χ0n) is 19.6. The molecule has 0 fully saturated rings. The summed E-state index contributed by atoms with van der Waals surface area (Å²) in [6.45, 7) is 4.17. The molecule has 3 aromatic carbocycles. The van der Waals surface area contributed by atoms with Crippen molar-refractivity contribution in [2.75, 3.05) is 0 Å². The normalized spacial score (nSPS) is 8.97. The fourth-order valence-corrected chi connectivity index (χ4v) is 2.09. The average molecular weight is 542 g/mol. The first kappa shape index (κ1) is 36.6. The first-order chi connectivity index (χ1) is 15.7. The van der Waals surface area contributed by atoms with Crippen molar-refractivity contribution in [1.82, 2.24) is 0 Å². The molecule has 1 unspecified atom stereocenters. The Morgan fingerprint density at radius 1 is 0.647 bits per heavy atom. The molecule has 0 nitrogen and oxygen atoms in total. The van der Waals surface area contributed by atoms with Gasteiger partial charge in [0.05, 0.1) is 0 Å². The summed E-state index contributed by atoms with van der Waals surface area (Å²) < 4.78 is 1.42. The summed E-state index contributed by atoms with van der Waals surface area (Å²) in [6.07, 6.45) is 10.0. The summed E-state index contributed by atoms with van der Waals surface area (Å²) in [5.41, 5.74) is 0. The summed E-state index contributed by atoms with van der Waals surface area (Å²) in [6, 6.07) is 41.5. The zero-order chi connectivity index (χ0) is 23.4. The first-order valence-corrected chi connectivity index (χ1v) is 12.1. The van der Waals surface area contributed by atoms with Gasteiger partial charge in [0.25, 0.3) is 0 Å². The van der Waals surface area contributed by atoms with E-state index in [0.29, 0.717) is 0 Å². The molecule has 0 saturated carbocycles. The largest absolute Gasteiger partial charge is 0.273 e. The molecule has 0 spiro atoms. The van der Waals surface area contributed by atoms with Gasteiger partial charge in [0.2, 0.25) is 0 Å². The van der Waals surface area contributed by atoms with E-state index in [9.17, 15) is 0 Å². The topological polar surface area (TPSA) is 0 Å². The number of halogens is 2. The van der Waals surface area contributed by atoms with Crippen molar-refractivity contribution in [3.05, 3.63) is 157 Å². The van der Waals surface area contributed by atoms with E-state index in [1.165, 1.54) is 3.81 Å². The van der Waals surface area contributed by atoms with Crippen LogP contribution in [0.4, 0.5) is 0 Å². The number of rotatable bonds is 0. The molecule has 0 amide bonds. The van der Waals surface area contributed by atoms with E-state index < -0.39 is 0 Å². The van der Waals surface area contributed by atoms with E-state index in [1.54, 1.807) is 0 Å². The maximum atomic E-state index is 3.01. The van der Waals surface area contributed by atoms with Crippen LogP contribution in [0.3, 0.4) is 0 Å². The molecule has 0 saturated heterocycles. The van der Waals surface area contributed by atoms with E-state index >= 15 is 0 Å². The Bertz CT molecular complexity index is 693. The van der Waals surface area contributed by atoms with Gasteiger partial charge >= 0.3 is 37.6 Å². The van der Waals surface area contributed by atoms with Crippen molar-refractivity contribution in [3.8, 4) is 0 Å². The molecule has 1 heterocycles. The van der Waals surface area contributed by atoms with Gasteiger partial charge in [-0.2, -0.15) is 133 Å². The van der Waals surface area contributed by atoms with Gasteiger partial charge in [-0.15, -0.1) is 31.2 Å². The van der Waals surface area contributed by atoms with Crippen molar-refractivity contribution < 1.29 is 20.0 Å². The van der Waals surface area contributed by atoms with Crippen LogP contribution in [0, 0.1) is 30.1 Å². The molecule has 0 aliphatic heterocycles. The van der Waals surface area contributed by atoms with Gasteiger partial charge in [-0.05, 0) is 0 Å². The van der Waals surface area contributed by atoms with Crippen LogP contribution in [0.25, 0.3) is 0 Å². The summed E-state index contributed by atoms with van der Waals surface area (Å²) >= 11 is 2.08. The second kappa shape index (κ2) is 33.3. The van der Waals surface area contributed by atoms with Crippen molar-refractivity contribution in [2.45, 2.75) is 20.3 Å². The van der Waals surface area contributed by atoms with Crippen molar-refractivity contribution in [3.63, 3.8) is 0 Å². The van der Waals surface area contributed by atoms with Crippen molar-refractivity contribution >= 4 is 36.8 Å². The molecule has 4 aromatic rings. The molecule has 0 N–H and O–H groups in total. The number of benzene rings is 3. The van der Waals surface area contributed by atoms with Crippen LogP contribution in [-0.4, -0.2) is 3.81 Å². The van der Waals surface area contributed by atoms with E-state index in [4.69, 9.17) is 0 Å². The van der Waals surface area contributed by atoms with Crippen LogP contribution in [-0.2, 0) is 20.0 Å². The molecule has 0 radical (unpaired) electrons. The quantitative estimate of drug-likeness (QED) is 0.154. The van der Waals surface area contributed by atoms with Gasteiger partial charge in [0, 0.05) is 0 Å². The van der Waals surface area contributed by atoms with Crippen LogP contribution < -0.4 is 0 Å². The van der Waals surface area contributed by atoms with Crippen LogP contribution >= 0.6 is 33.0 Å². The van der Waals surface area contributed by atoms with Crippen LogP contribution in [0.1, 0.15) is 20.3 Å². The Balaban J connectivity index is -0.000000337. The Labute approximate surface area is 233 Å². The SMILES string of the molecule is C[C](C)=[Ti].Cl.Cl.[C-]1=CC=CC1.[c-]1ccc[pH]1.[c-]1ccccc1.[c-]1ccccc1.[c-]1ccccc1. The summed E-state index contributed by atoms with van der Waals surface area (Å²) in [5.74, 6) is 5.11. The molecule has 180 valence electrons. The van der Waals surface area contributed by atoms with E-state index in [2.05, 4.69) is 75.8 Å². The molecule has 0 bridgehead atoms. The number of allylic oxidation sites excluding steroid dienone is 4. The summed E-state index contributed by atoms with van der Waals surface area (Å²) in [7, 11) is 0.823. The Morgan fingerprint density at radius 2 is 1.06 bits per heavy atom. The van der Waals surface area contributed by atoms with Gasteiger partial charge in [-0.3, -0.25) is 14.3 Å². The van der Waals surface area contributed by atoms with Crippen molar-refractivity contribution in [1.29, 1.82) is 0 Å². The fourth-order valence-electron chi connectivity index (χ4n) is 1.61. The Hall–Kier alpha value is -1.92. The smallest absolute Gasteiger partial charge is 0.109 e. The molecule has 1 aliphatic carbocycles. The van der Waals surface area contributed by atoms with Crippen LogP contribution in [0.15, 0.2) is 127 Å². The van der Waals surface area contributed by atoms with E-state index in [-0.39, 0.29) is 24.8 Å². The third-order valence-electron chi connectivity index (χ3n) is 2.85. The zero-order valence-corrected chi connectivity index (χ0v) is 23.8. The van der Waals surface area contributed by atoms with Gasteiger partial charge in [-0.1, -0.05) is 0 Å². The van der Waals surface area contributed by atoms with Crippen molar-refractivity contribution in [2.24, 2.45) is 0 Å². The average Bonchev–Trinajstić information content (AvgIpc) is 3.63. The second-order valence-corrected chi connectivity index (χ2v) is 8.52. The molecule has 1 aliphatic rings. The van der Waals surface area contributed by atoms with Gasteiger partial charge < -0.3 is 0 Å². The van der Waals surface area contributed by atoms with Crippen LogP contribution in [0.2, 0.25) is 0 Å². The second-order valence-electron chi connectivity index (χ2n) is 6.05. The summed E-state index contributed by atoms with van der Waals surface area (Å²) in [4.78, 5) is 0. The molecule has 1 atom stereocenters. The van der Waals surface area contributed by atoms with Crippen LogP contribution in [0.5, 0.6) is 0 Å². The predicted molar refractivity (Wildman–Crippen MR) is 153 cm³/mol. The minimum absolute atomic E-state index is 0. The van der Waals surface area contributed by atoms with Gasteiger partial charge in [-0.25, -0.2) is 18.2 Å². The van der Waals surface area contributed by atoms with Gasteiger partial charge in [0.15, 0.2) is 0 Å². The minimum Gasteiger partial charge on any atom is -0.273 e. The predicted octanol–water partition coefficient (Wildman–Crippen LogP) is 8.87. The maximum absolute atomic E-state index is 3.01. The fraction of sp³-hybridized carbons (Fsp3) is 0.100. The Morgan fingerprint density at radius 3 is 1.15 bits per heavy atom. The third kappa shape index (κ3) is 37.4. The molecule has 1 aromatic heterocycles. The minimum atomic E-state index is 0. The first-order valence-electron chi connectivity index (χ1n) is 10.2. The van der Waals surface area contributed by atoms with E-state index in [1.807, 2.05) is 115 Å². The number of hydrogen-bond acceptors (Lipinski definition) is 0. The van der Waals surface area contributed by atoms with Gasteiger partial charge in [0.1, 0.15) is 0 Å². The molecule has 34 heavy (non-hydrogen) atoms. The summed E-state index contributed by atoms with van der Waals surface area (Å²) in [5, 5.41) is 0. The molecule has 5 rings (SSSR count). The van der Waals surface area contributed by atoms with E-state index in [0.717, 1.165) is 14.6 Å². The standard InChI is InChI=1S/3C6H5.C5H5.C4H4P.C3H6.2ClH.Ti/c3*1-2-4-6-5-3-1;2*1-2-4-5-3-1;1-3-2;;;/h3*1-5H;1-3H,4H2;1-3,5H;1-2H3;2*1H;/q5*-1;;;;. The number of hydrogen-bond donors (Lipinski definition) is 0. The molecule has 4 heteroatoms. The maximum Gasteiger partial charge on any atom is -0.109 e. The monoisotopic (exact) mass is 541 g/mol. The third-order valence-corrected chi connectivity index (χ3v) is 3.54.